The fraction of sp³-hybridized carbons (Fsp3) is 0.619. The molecule has 2 saturated heterocycles. The summed E-state index contributed by atoms with van der Waals surface area (Å²) in [6.45, 7) is 4.54. The Balaban J connectivity index is 0.00000320. The number of hydrogen-bond donors (Lipinski definition) is 1. The van der Waals surface area contributed by atoms with Crippen LogP contribution in [0.2, 0.25) is 5.02 Å². The average molecular weight is 567 g/mol. The van der Waals surface area contributed by atoms with Crippen molar-refractivity contribution in [3.8, 4) is 0 Å². The predicted molar refractivity (Wildman–Crippen MR) is 135 cm³/mol. The molecule has 0 aliphatic carbocycles. The van der Waals surface area contributed by atoms with Gasteiger partial charge in [0.15, 0.2) is 5.96 Å². The zero-order valence-corrected chi connectivity index (χ0v) is 21.6. The van der Waals surface area contributed by atoms with E-state index in [1.54, 1.807) is 19.0 Å². The van der Waals surface area contributed by atoms with Crippen molar-refractivity contribution >= 4 is 59.2 Å². The van der Waals surface area contributed by atoms with E-state index in [1.807, 2.05) is 23.9 Å². The van der Waals surface area contributed by atoms with Crippen molar-refractivity contribution in [1.82, 2.24) is 15.1 Å². The van der Waals surface area contributed by atoms with Gasteiger partial charge in [0.25, 0.3) is 0 Å². The molecule has 2 aliphatic heterocycles. The van der Waals surface area contributed by atoms with Crippen LogP contribution in [0.5, 0.6) is 0 Å². The van der Waals surface area contributed by atoms with Gasteiger partial charge in [-0.15, -0.1) is 35.7 Å². The third-order valence-electron chi connectivity index (χ3n) is 5.29. The zero-order chi connectivity index (χ0) is 20.6. The minimum Gasteiger partial charge on any atom is -0.381 e. The summed E-state index contributed by atoms with van der Waals surface area (Å²) in [6, 6.07) is 8.07. The van der Waals surface area contributed by atoms with Crippen LogP contribution in [0.15, 0.2) is 34.2 Å². The Morgan fingerprint density at radius 2 is 1.97 bits per heavy atom. The summed E-state index contributed by atoms with van der Waals surface area (Å²) < 4.78 is 5.48. The van der Waals surface area contributed by atoms with Crippen molar-refractivity contribution in [3.63, 3.8) is 0 Å². The van der Waals surface area contributed by atoms with E-state index in [0.717, 1.165) is 63.1 Å². The summed E-state index contributed by atoms with van der Waals surface area (Å²) in [7, 11) is 3.53. The number of nitrogens with one attached hydrogen (secondary N) is 1. The lowest BCUT2D eigenvalue weighted by Crippen LogP contribution is -2.47. The Hall–Kier alpha value is -0.710. The maximum atomic E-state index is 12.0. The van der Waals surface area contributed by atoms with Gasteiger partial charge in [-0.2, -0.15) is 0 Å². The second-order valence-electron chi connectivity index (χ2n) is 7.80. The first-order valence-electron chi connectivity index (χ1n) is 10.2. The summed E-state index contributed by atoms with van der Waals surface area (Å²) in [5.41, 5.74) is 0. The molecule has 0 radical (unpaired) electrons. The van der Waals surface area contributed by atoms with E-state index in [-0.39, 0.29) is 36.4 Å². The zero-order valence-electron chi connectivity index (χ0n) is 17.7. The van der Waals surface area contributed by atoms with Crippen LogP contribution >= 0.6 is 47.3 Å². The normalized spacial score (nSPS) is 20.0. The van der Waals surface area contributed by atoms with Gasteiger partial charge in [0, 0.05) is 61.4 Å². The first-order valence-corrected chi connectivity index (χ1v) is 11.5. The van der Waals surface area contributed by atoms with Crippen LogP contribution in [0, 0.1) is 5.92 Å². The number of thioether (sulfide) groups is 1. The molecule has 2 fully saturated rings. The third-order valence-corrected chi connectivity index (χ3v) is 6.89. The van der Waals surface area contributed by atoms with Crippen molar-refractivity contribution in [1.29, 1.82) is 0 Å². The second-order valence-corrected chi connectivity index (χ2v) is 9.61. The molecule has 1 atom stereocenters. The van der Waals surface area contributed by atoms with Crippen LogP contribution in [-0.4, -0.2) is 80.4 Å². The van der Waals surface area contributed by atoms with E-state index in [9.17, 15) is 4.79 Å². The van der Waals surface area contributed by atoms with E-state index >= 15 is 0 Å². The van der Waals surface area contributed by atoms with Crippen LogP contribution in [-0.2, 0) is 9.53 Å². The number of likely N-dealkylation sites (tertiary alicyclic amines) is 1. The highest BCUT2D eigenvalue weighted by Gasteiger charge is 2.24. The average Bonchev–Trinajstić information content (AvgIpc) is 3.24. The topological polar surface area (TPSA) is 57.2 Å². The van der Waals surface area contributed by atoms with Crippen LogP contribution in [0.25, 0.3) is 0 Å². The summed E-state index contributed by atoms with van der Waals surface area (Å²) >= 11 is 7.91. The fourth-order valence-corrected chi connectivity index (χ4v) is 4.67. The van der Waals surface area contributed by atoms with E-state index < -0.39 is 0 Å². The van der Waals surface area contributed by atoms with Gasteiger partial charge in [-0.25, -0.2) is 4.99 Å². The second kappa shape index (κ2) is 13.0. The molecular weight excluding hydrogens is 535 g/mol. The molecule has 0 saturated carbocycles. The van der Waals surface area contributed by atoms with E-state index in [4.69, 9.17) is 16.3 Å². The Morgan fingerprint density at radius 3 is 2.57 bits per heavy atom. The molecule has 2 heterocycles. The number of hydrogen-bond acceptors (Lipinski definition) is 4. The van der Waals surface area contributed by atoms with E-state index in [0.29, 0.717) is 11.2 Å². The number of rotatable bonds is 6. The Labute approximate surface area is 206 Å². The minimum atomic E-state index is 0. The number of carbonyl (C=O) groups is 1. The first-order chi connectivity index (χ1) is 14.0. The van der Waals surface area contributed by atoms with E-state index in [2.05, 4.69) is 27.3 Å². The number of likely N-dealkylation sites (N-methyl/N-ethyl adjacent to an activating group) is 1. The number of piperidine rings is 1. The van der Waals surface area contributed by atoms with Crippen LogP contribution in [0.3, 0.4) is 0 Å². The molecule has 1 amide bonds. The van der Waals surface area contributed by atoms with Crippen molar-refractivity contribution in [2.45, 2.75) is 29.4 Å². The molecular formula is C21H32ClIN4O2S. The van der Waals surface area contributed by atoms with Crippen molar-refractivity contribution in [2.24, 2.45) is 10.9 Å². The molecule has 168 valence electrons. The van der Waals surface area contributed by atoms with Gasteiger partial charge >= 0.3 is 0 Å². The monoisotopic (exact) mass is 566 g/mol. The third kappa shape index (κ3) is 8.09. The summed E-state index contributed by atoms with van der Waals surface area (Å²) in [4.78, 5) is 21.8. The number of halogens is 2. The van der Waals surface area contributed by atoms with Gasteiger partial charge in [-0.1, -0.05) is 11.6 Å². The molecule has 1 aromatic rings. The van der Waals surface area contributed by atoms with Gasteiger partial charge in [0.1, 0.15) is 6.54 Å². The minimum absolute atomic E-state index is 0. The number of aliphatic imine (C=N–C) groups is 1. The number of benzene rings is 1. The van der Waals surface area contributed by atoms with Gasteiger partial charge < -0.3 is 19.9 Å². The molecule has 9 heteroatoms. The lowest BCUT2D eigenvalue weighted by molar-refractivity contribution is -0.127. The molecule has 1 unspecified atom stereocenters. The molecule has 1 aromatic carbocycles. The number of amides is 1. The Bertz CT molecular complexity index is 691. The summed E-state index contributed by atoms with van der Waals surface area (Å²) in [6.07, 6.45) is 3.25. The number of nitrogens with zero attached hydrogens (tertiary/aromatic N) is 3. The fourth-order valence-electron chi connectivity index (χ4n) is 3.42. The van der Waals surface area contributed by atoms with E-state index in [1.165, 1.54) is 4.90 Å². The van der Waals surface area contributed by atoms with Gasteiger partial charge in [-0.05, 0) is 43.5 Å². The molecule has 6 nitrogen and oxygen atoms in total. The van der Waals surface area contributed by atoms with Crippen molar-refractivity contribution < 1.29 is 9.53 Å². The first kappa shape index (κ1) is 25.5. The largest absolute Gasteiger partial charge is 0.381 e. The number of guanidine groups is 1. The highest BCUT2D eigenvalue weighted by Crippen LogP contribution is 2.31. The SMILES string of the molecule is CN(C)C(=O)CN=C(NCC1CCOC1)N1CCC(Sc2ccc(Cl)cc2)CC1.I. The number of carbonyl (C=O) groups excluding carboxylic acids is 1. The molecule has 3 rings (SSSR count). The maximum absolute atomic E-state index is 12.0. The summed E-state index contributed by atoms with van der Waals surface area (Å²) in [5.74, 6) is 1.38. The Morgan fingerprint density at radius 1 is 1.27 bits per heavy atom. The molecule has 1 N–H and O–H groups in total. The quantitative estimate of drug-likeness (QED) is 0.324. The lowest BCUT2D eigenvalue weighted by Gasteiger charge is -2.34. The molecule has 0 aromatic heterocycles. The van der Waals surface area contributed by atoms with Crippen molar-refractivity contribution in [3.05, 3.63) is 29.3 Å². The lowest BCUT2D eigenvalue weighted by atomic mass is 10.1. The van der Waals surface area contributed by atoms with Gasteiger partial charge in [-0.3, -0.25) is 4.79 Å². The maximum Gasteiger partial charge on any atom is 0.243 e. The number of ether oxygens (including phenoxy) is 1. The Kier molecular flexibility index (Phi) is 11.1. The highest BCUT2D eigenvalue weighted by atomic mass is 127. The summed E-state index contributed by atoms with van der Waals surface area (Å²) in [5, 5.41) is 4.86. The molecule has 2 aliphatic rings. The molecule has 0 bridgehead atoms. The van der Waals surface area contributed by atoms with Gasteiger partial charge in [0.2, 0.25) is 5.91 Å². The molecule has 30 heavy (non-hydrogen) atoms. The van der Waals surface area contributed by atoms with Crippen LogP contribution in [0.1, 0.15) is 19.3 Å². The smallest absolute Gasteiger partial charge is 0.243 e. The van der Waals surface area contributed by atoms with Crippen molar-refractivity contribution in [2.75, 3.05) is 53.5 Å². The van der Waals surface area contributed by atoms with Crippen LogP contribution < -0.4 is 5.32 Å². The van der Waals surface area contributed by atoms with Crippen LogP contribution in [0.4, 0.5) is 0 Å². The van der Waals surface area contributed by atoms with Gasteiger partial charge in [0.05, 0.1) is 6.61 Å². The predicted octanol–water partition coefficient (Wildman–Crippen LogP) is 3.58. The standard InChI is InChI=1S/C21H31ClN4O2S.HI/c1-25(2)20(27)14-24-21(23-13-16-9-12-28-15-16)26-10-7-19(8-11-26)29-18-5-3-17(22)4-6-18;/h3-6,16,19H,7-15H2,1-2H3,(H,23,24);1H. The highest BCUT2D eigenvalue weighted by molar-refractivity contribution is 14.0. The molecule has 0 spiro atoms.